The van der Waals surface area contributed by atoms with Gasteiger partial charge in [0.1, 0.15) is 0 Å². The topological polar surface area (TPSA) is 29.3 Å². The summed E-state index contributed by atoms with van der Waals surface area (Å²) in [6.45, 7) is 3.76. The number of hydrogen-bond donors (Lipinski definition) is 1. The Morgan fingerprint density at radius 3 is 2.60 bits per heavy atom. The summed E-state index contributed by atoms with van der Waals surface area (Å²) in [6.07, 6.45) is 4.07. The molecule has 0 aromatic carbocycles. The van der Waals surface area contributed by atoms with Gasteiger partial charge < -0.3 is 10.6 Å². The summed E-state index contributed by atoms with van der Waals surface area (Å²) in [5.41, 5.74) is 5.91. The minimum atomic E-state index is 0.468. The lowest BCUT2D eigenvalue weighted by Gasteiger charge is -2.25. The number of rotatable bonds is 0. The Balaban J connectivity index is 2.05. The monoisotopic (exact) mass is 140 g/mol. The van der Waals surface area contributed by atoms with Gasteiger partial charge in [0.05, 0.1) is 0 Å². The maximum Gasteiger partial charge on any atom is 0.0170 e. The lowest BCUT2D eigenvalue weighted by Crippen LogP contribution is -2.35. The third kappa shape index (κ3) is 1.18. The molecular formula is C8H16N2. The zero-order chi connectivity index (χ0) is 6.97. The van der Waals surface area contributed by atoms with E-state index in [4.69, 9.17) is 5.73 Å². The second-order valence-electron chi connectivity index (χ2n) is 3.74. The first kappa shape index (κ1) is 6.62. The molecular weight excluding hydrogens is 124 g/mol. The number of nitrogens with two attached hydrogens (primary N) is 1. The average molecular weight is 140 g/mol. The quantitative estimate of drug-likeness (QED) is 0.528. The van der Waals surface area contributed by atoms with Crippen molar-refractivity contribution in [1.82, 2.24) is 4.90 Å². The predicted octanol–water partition coefficient (Wildman–Crippen LogP) is 0.429. The van der Waals surface area contributed by atoms with Crippen molar-refractivity contribution < 1.29 is 0 Å². The summed E-state index contributed by atoms with van der Waals surface area (Å²) < 4.78 is 0. The van der Waals surface area contributed by atoms with E-state index in [0.717, 1.165) is 12.5 Å². The van der Waals surface area contributed by atoms with Crippen LogP contribution in [0.5, 0.6) is 0 Å². The minimum Gasteiger partial charge on any atom is -0.327 e. The van der Waals surface area contributed by atoms with Crippen molar-refractivity contribution in [2.24, 2.45) is 11.7 Å². The number of nitrogens with zero attached hydrogens (tertiary/aromatic N) is 1. The van der Waals surface area contributed by atoms with Gasteiger partial charge in [-0.3, -0.25) is 0 Å². The summed E-state index contributed by atoms with van der Waals surface area (Å²) >= 11 is 0. The van der Waals surface area contributed by atoms with E-state index in [1.165, 1.54) is 32.4 Å². The lowest BCUT2D eigenvalue weighted by atomic mass is 9.94. The lowest BCUT2D eigenvalue weighted by molar-refractivity contribution is 0.223. The third-order valence-corrected chi connectivity index (χ3v) is 2.84. The van der Waals surface area contributed by atoms with Gasteiger partial charge in [-0.2, -0.15) is 0 Å². The van der Waals surface area contributed by atoms with Crippen LogP contribution in [0.1, 0.15) is 19.3 Å². The smallest absolute Gasteiger partial charge is 0.0170 e. The number of fused-ring (bicyclic) bond motifs is 4. The van der Waals surface area contributed by atoms with E-state index in [1.807, 2.05) is 0 Å². The maximum atomic E-state index is 5.91. The largest absolute Gasteiger partial charge is 0.327 e. The van der Waals surface area contributed by atoms with Crippen molar-refractivity contribution in [1.29, 1.82) is 0 Å². The van der Waals surface area contributed by atoms with Crippen LogP contribution in [0.3, 0.4) is 0 Å². The average Bonchev–Trinajstić information content (AvgIpc) is 2.17. The molecule has 2 nitrogen and oxygen atoms in total. The molecule has 3 aliphatic rings. The van der Waals surface area contributed by atoms with Crippen LogP contribution < -0.4 is 5.73 Å². The molecule has 0 aromatic heterocycles. The molecule has 0 amide bonds. The van der Waals surface area contributed by atoms with Gasteiger partial charge in [0, 0.05) is 12.6 Å². The Kier molecular flexibility index (Phi) is 1.66. The van der Waals surface area contributed by atoms with Crippen molar-refractivity contribution in [3.8, 4) is 0 Å². The summed E-state index contributed by atoms with van der Waals surface area (Å²) in [5.74, 6) is 0.953. The van der Waals surface area contributed by atoms with Crippen LogP contribution in [0.2, 0.25) is 0 Å². The summed E-state index contributed by atoms with van der Waals surface area (Å²) in [5, 5.41) is 0. The van der Waals surface area contributed by atoms with Gasteiger partial charge in [0.25, 0.3) is 0 Å². The van der Waals surface area contributed by atoms with Crippen LogP contribution in [0.4, 0.5) is 0 Å². The Morgan fingerprint density at radius 1 is 1.20 bits per heavy atom. The Hall–Kier alpha value is -0.0800. The molecule has 3 saturated heterocycles. The first-order valence-electron chi connectivity index (χ1n) is 4.32. The van der Waals surface area contributed by atoms with E-state index >= 15 is 0 Å². The first-order chi connectivity index (χ1) is 4.84. The molecule has 2 heteroatoms. The molecule has 3 fully saturated rings. The van der Waals surface area contributed by atoms with Crippen molar-refractivity contribution in [3.63, 3.8) is 0 Å². The summed E-state index contributed by atoms with van der Waals surface area (Å²) in [6, 6.07) is 0.468. The van der Waals surface area contributed by atoms with E-state index in [1.54, 1.807) is 0 Å². The zero-order valence-electron chi connectivity index (χ0n) is 6.42. The number of hydrogen-bond acceptors (Lipinski definition) is 2. The van der Waals surface area contributed by atoms with Gasteiger partial charge in [-0.05, 0) is 38.3 Å². The minimum absolute atomic E-state index is 0.468. The molecule has 10 heavy (non-hydrogen) atoms. The number of piperidine rings is 1. The fraction of sp³-hybridized carbons (Fsp3) is 1.00. The van der Waals surface area contributed by atoms with Crippen LogP contribution in [-0.2, 0) is 0 Å². The van der Waals surface area contributed by atoms with Gasteiger partial charge in [-0.25, -0.2) is 0 Å². The van der Waals surface area contributed by atoms with Crippen molar-refractivity contribution in [2.45, 2.75) is 25.3 Å². The highest BCUT2D eigenvalue weighted by atomic mass is 15.1. The van der Waals surface area contributed by atoms with Crippen LogP contribution in [0.25, 0.3) is 0 Å². The molecule has 2 N–H and O–H groups in total. The molecule has 3 rings (SSSR count). The second-order valence-corrected chi connectivity index (χ2v) is 3.74. The summed E-state index contributed by atoms with van der Waals surface area (Å²) in [4.78, 5) is 2.51. The Morgan fingerprint density at radius 2 is 1.90 bits per heavy atom. The molecule has 0 spiro atoms. The van der Waals surface area contributed by atoms with Crippen LogP contribution in [0.15, 0.2) is 0 Å². The van der Waals surface area contributed by atoms with Gasteiger partial charge in [0.2, 0.25) is 0 Å². The molecule has 58 valence electrons. The Labute approximate surface area is 62.4 Å². The van der Waals surface area contributed by atoms with E-state index in [0.29, 0.717) is 6.04 Å². The molecule has 0 radical (unpaired) electrons. The molecule has 0 aromatic rings. The fourth-order valence-electron chi connectivity index (χ4n) is 2.24. The van der Waals surface area contributed by atoms with Crippen molar-refractivity contribution >= 4 is 0 Å². The maximum absolute atomic E-state index is 5.91. The highest BCUT2D eigenvalue weighted by Gasteiger charge is 2.26. The summed E-state index contributed by atoms with van der Waals surface area (Å²) in [7, 11) is 0. The van der Waals surface area contributed by atoms with Gasteiger partial charge in [-0.1, -0.05) is 0 Å². The van der Waals surface area contributed by atoms with Crippen LogP contribution >= 0.6 is 0 Å². The van der Waals surface area contributed by atoms with E-state index in [-0.39, 0.29) is 0 Å². The molecule has 0 saturated carbocycles. The molecule has 0 aliphatic carbocycles. The van der Waals surface area contributed by atoms with Gasteiger partial charge >= 0.3 is 0 Å². The van der Waals surface area contributed by atoms with E-state index in [2.05, 4.69) is 4.90 Å². The highest BCUT2D eigenvalue weighted by molar-refractivity contribution is 4.83. The molecule has 1 atom stereocenters. The predicted molar refractivity (Wildman–Crippen MR) is 41.8 cm³/mol. The fourth-order valence-corrected chi connectivity index (χ4v) is 2.24. The standard InChI is InChI=1S/C8H16N2/c9-8-5-7-1-3-10(6-8)4-2-7/h7-8H,1-6,9H2. The van der Waals surface area contributed by atoms with Crippen molar-refractivity contribution in [2.75, 3.05) is 19.6 Å². The molecule has 3 aliphatic heterocycles. The first-order valence-corrected chi connectivity index (χ1v) is 4.32. The highest BCUT2D eigenvalue weighted by Crippen LogP contribution is 2.25. The Bertz CT molecular complexity index is 102. The third-order valence-electron chi connectivity index (χ3n) is 2.84. The van der Waals surface area contributed by atoms with Crippen LogP contribution in [-0.4, -0.2) is 30.6 Å². The van der Waals surface area contributed by atoms with Gasteiger partial charge in [-0.15, -0.1) is 0 Å². The zero-order valence-corrected chi connectivity index (χ0v) is 6.42. The van der Waals surface area contributed by atoms with Crippen molar-refractivity contribution in [3.05, 3.63) is 0 Å². The molecule has 3 heterocycles. The second kappa shape index (κ2) is 2.51. The molecule has 2 bridgehead atoms. The van der Waals surface area contributed by atoms with E-state index < -0.39 is 0 Å². The SMILES string of the molecule is NC1CC2CCN(CC2)C1. The van der Waals surface area contributed by atoms with E-state index in [9.17, 15) is 0 Å². The van der Waals surface area contributed by atoms with Gasteiger partial charge in [0.15, 0.2) is 0 Å². The molecule has 1 unspecified atom stereocenters. The van der Waals surface area contributed by atoms with Crippen LogP contribution in [0, 0.1) is 5.92 Å². The normalized spacial score (nSPS) is 47.1.